The highest BCUT2D eigenvalue weighted by Gasteiger charge is 2.32. The third-order valence-corrected chi connectivity index (χ3v) is 4.33. The summed E-state index contributed by atoms with van der Waals surface area (Å²) in [5.74, 6) is 0. The summed E-state index contributed by atoms with van der Waals surface area (Å²) in [5.41, 5.74) is 0.539. The van der Waals surface area contributed by atoms with E-state index >= 15 is 0 Å². The Balaban J connectivity index is 2.91. The van der Waals surface area contributed by atoms with Gasteiger partial charge in [0, 0.05) is 11.4 Å². The van der Waals surface area contributed by atoms with Crippen molar-refractivity contribution < 1.29 is 8.94 Å². The fraction of sp³-hybridized carbons (Fsp3) is 0.583. The van der Waals surface area contributed by atoms with E-state index in [0.717, 1.165) is 0 Å². The third-order valence-electron chi connectivity index (χ3n) is 2.30. The molecule has 3 atom stereocenters. The van der Waals surface area contributed by atoms with Crippen molar-refractivity contribution in [3.8, 4) is 0 Å². The molecule has 1 rings (SSSR count). The molecule has 102 valence electrons. The number of aromatic nitrogens is 1. The number of rotatable bonds is 4. The van der Waals surface area contributed by atoms with E-state index in [4.69, 9.17) is 0 Å². The Kier molecular flexibility index (Phi) is 5.58. The molecule has 0 aliphatic carbocycles. The normalized spacial score (nSPS) is 17.3. The molecular formula is C12H18BrFN2OS. The number of alkyl halides is 1. The second-order valence-corrected chi connectivity index (χ2v) is 7.85. The van der Waals surface area contributed by atoms with Gasteiger partial charge in [0.05, 0.1) is 5.69 Å². The third kappa shape index (κ3) is 4.50. The largest absolute Gasteiger partial charge is 0.598 e. The van der Waals surface area contributed by atoms with E-state index in [9.17, 15) is 8.94 Å². The van der Waals surface area contributed by atoms with Gasteiger partial charge in [0.1, 0.15) is 21.6 Å². The topological polar surface area (TPSA) is 48.0 Å². The summed E-state index contributed by atoms with van der Waals surface area (Å²) in [5, 5.41) is 0. The minimum atomic E-state index is -1.34. The minimum absolute atomic E-state index is 0.445. The molecule has 0 saturated carbocycles. The summed E-state index contributed by atoms with van der Waals surface area (Å²) in [7, 11) is 0. The molecule has 0 aliphatic rings. The molecule has 0 aliphatic heterocycles. The SMILES string of the molecule is C[C@@H](F)[C@@H](N[S+]([O-])C(C)(C)C)c1cccc(Br)n1. The quantitative estimate of drug-likeness (QED) is 0.677. The van der Waals surface area contributed by atoms with Gasteiger partial charge in [0.25, 0.3) is 0 Å². The molecule has 3 nitrogen and oxygen atoms in total. The first-order valence-electron chi connectivity index (χ1n) is 5.66. The first kappa shape index (κ1) is 15.9. The number of nitrogens with one attached hydrogen (secondary N) is 1. The monoisotopic (exact) mass is 336 g/mol. The maximum atomic E-state index is 13.7. The van der Waals surface area contributed by atoms with Crippen LogP contribution < -0.4 is 4.72 Å². The summed E-state index contributed by atoms with van der Waals surface area (Å²) < 4.78 is 28.7. The fourth-order valence-electron chi connectivity index (χ4n) is 1.28. The van der Waals surface area contributed by atoms with Crippen LogP contribution in [-0.4, -0.2) is 20.5 Å². The van der Waals surface area contributed by atoms with Gasteiger partial charge in [-0.2, -0.15) is 0 Å². The lowest BCUT2D eigenvalue weighted by Gasteiger charge is -2.28. The molecule has 0 radical (unpaired) electrons. The lowest BCUT2D eigenvalue weighted by atomic mass is 10.1. The second-order valence-electron chi connectivity index (χ2n) is 5.04. The Labute approximate surface area is 119 Å². The number of pyridine rings is 1. The van der Waals surface area contributed by atoms with Crippen molar-refractivity contribution in [1.82, 2.24) is 9.71 Å². The molecule has 6 heteroatoms. The molecule has 1 N–H and O–H groups in total. The molecule has 1 aromatic heterocycles. The first-order chi connectivity index (χ1) is 8.21. The fourth-order valence-corrected chi connectivity index (χ4v) is 2.53. The standard InChI is InChI=1S/C12H18BrFN2OS/c1-8(14)11(16-18(17)12(2,3)4)9-6-5-7-10(13)15-9/h5-8,11,16H,1-4H3/t8-,11-,18?/m1/s1. The van der Waals surface area contributed by atoms with Crippen molar-refractivity contribution in [1.29, 1.82) is 0 Å². The van der Waals surface area contributed by atoms with Crippen LogP contribution in [0.2, 0.25) is 0 Å². The predicted molar refractivity (Wildman–Crippen MR) is 76.3 cm³/mol. The summed E-state index contributed by atoms with van der Waals surface area (Å²) in [6.45, 7) is 6.94. The molecule has 0 fully saturated rings. The predicted octanol–water partition coefficient (Wildman–Crippen LogP) is 3.30. The zero-order valence-electron chi connectivity index (χ0n) is 10.9. The van der Waals surface area contributed by atoms with Crippen molar-refractivity contribution >= 4 is 27.3 Å². The highest BCUT2D eigenvalue weighted by Crippen LogP contribution is 2.23. The van der Waals surface area contributed by atoms with E-state index < -0.39 is 28.3 Å². The molecule has 0 bridgehead atoms. The Morgan fingerprint density at radius 2 is 2.06 bits per heavy atom. The molecule has 0 amide bonds. The van der Waals surface area contributed by atoms with Crippen LogP contribution in [0.4, 0.5) is 4.39 Å². The molecule has 18 heavy (non-hydrogen) atoms. The lowest BCUT2D eigenvalue weighted by molar-refractivity contribution is 0.289. The zero-order chi connectivity index (χ0) is 13.9. The van der Waals surface area contributed by atoms with E-state index in [1.54, 1.807) is 18.2 Å². The van der Waals surface area contributed by atoms with Gasteiger partial charge in [-0.3, -0.25) is 0 Å². The molecule has 1 heterocycles. The number of halogens is 2. The summed E-state index contributed by atoms with van der Waals surface area (Å²) in [6.07, 6.45) is -1.18. The Hall–Kier alpha value is -0.170. The second kappa shape index (κ2) is 6.32. The molecule has 0 aromatic carbocycles. The maximum Gasteiger partial charge on any atom is 0.136 e. The Morgan fingerprint density at radius 1 is 1.44 bits per heavy atom. The van der Waals surface area contributed by atoms with Gasteiger partial charge >= 0.3 is 0 Å². The van der Waals surface area contributed by atoms with E-state index in [1.807, 2.05) is 20.8 Å². The van der Waals surface area contributed by atoms with Crippen molar-refractivity contribution in [2.24, 2.45) is 0 Å². The number of hydrogen-bond donors (Lipinski definition) is 1. The van der Waals surface area contributed by atoms with Gasteiger partial charge in [0.2, 0.25) is 0 Å². The average molecular weight is 337 g/mol. The van der Waals surface area contributed by atoms with Crippen molar-refractivity contribution in [2.45, 2.75) is 44.7 Å². The van der Waals surface area contributed by atoms with Gasteiger partial charge in [-0.15, -0.1) is 4.72 Å². The van der Waals surface area contributed by atoms with Crippen LogP contribution in [0.5, 0.6) is 0 Å². The van der Waals surface area contributed by atoms with Crippen molar-refractivity contribution in [3.05, 3.63) is 28.5 Å². The maximum absolute atomic E-state index is 13.7. The van der Waals surface area contributed by atoms with Crippen LogP contribution in [0.15, 0.2) is 22.8 Å². The molecule has 1 aromatic rings. The molecule has 0 spiro atoms. The summed E-state index contributed by atoms with van der Waals surface area (Å²) in [6, 6.07) is 4.59. The molecule has 0 saturated heterocycles. The van der Waals surface area contributed by atoms with E-state index in [2.05, 4.69) is 25.6 Å². The Bertz CT molecular complexity index is 398. The van der Waals surface area contributed by atoms with E-state index in [0.29, 0.717) is 10.3 Å². The first-order valence-corrected chi connectivity index (χ1v) is 7.60. The van der Waals surface area contributed by atoms with Crippen LogP contribution in [0.3, 0.4) is 0 Å². The van der Waals surface area contributed by atoms with Crippen molar-refractivity contribution in [2.75, 3.05) is 0 Å². The van der Waals surface area contributed by atoms with Crippen LogP contribution in [0.25, 0.3) is 0 Å². The Morgan fingerprint density at radius 3 is 2.50 bits per heavy atom. The van der Waals surface area contributed by atoms with Gasteiger partial charge in [0.15, 0.2) is 0 Å². The van der Waals surface area contributed by atoms with Crippen LogP contribution in [-0.2, 0) is 11.4 Å². The highest BCUT2D eigenvalue weighted by atomic mass is 79.9. The smallest absolute Gasteiger partial charge is 0.136 e. The van der Waals surface area contributed by atoms with Crippen LogP contribution in [0.1, 0.15) is 39.4 Å². The average Bonchev–Trinajstić information content (AvgIpc) is 2.23. The number of hydrogen-bond acceptors (Lipinski definition) is 3. The van der Waals surface area contributed by atoms with Gasteiger partial charge in [-0.1, -0.05) is 6.07 Å². The van der Waals surface area contributed by atoms with Crippen LogP contribution >= 0.6 is 15.9 Å². The molecular weight excluding hydrogens is 319 g/mol. The molecule has 1 unspecified atom stereocenters. The zero-order valence-corrected chi connectivity index (χ0v) is 13.3. The van der Waals surface area contributed by atoms with Gasteiger partial charge in [-0.25, -0.2) is 9.37 Å². The van der Waals surface area contributed by atoms with Gasteiger partial charge in [-0.05, 0) is 55.8 Å². The van der Waals surface area contributed by atoms with E-state index in [-0.39, 0.29) is 0 Å². The van der Waals surface area contributed by atoms with Gasteiger partial charge < -0.3 is 4.55 Å². The van der Waals surface area contributed by atoms with E-state index in [1.165, 1.54) is 6.92 Å². The summed E-state index contributed by atoms with van der Waals surface area (Å²) in [4.78, 5) is 4.21. The minimum Gasteiger partial charge on any atom is -0.598 e. The van der Waals surface area contributed by atoms with Crippen molar-refractivity contribution in [3.63, 3.8) is 0 Å². The lowest BCUT2D eigenvalue weighted by Crippen LogP contribution is -2.43. The summed E-state index contributed by atoms with van der Waals surface area (Å²) >= 11 is 1.91. The highest BCUT2D eigenvalue weighted by molar-refractivity contribution is 9.10. The van der Waals surface area contributed by atoms with Crippen LogP contribution in [0, 0.1) is 0 Å². The number of nitrogens with zero attached hydrogens (tertiary/aromatic N) is 1.